The first-order valence-electron chi connectivity index (χ1n) is 27.9. The Morgan fingerprint density at radius 1 is 0.857 bits per heavy atom. The highest BCUT2D eigenvalue weighted by atomic mass is 16.6. The molecular formula is C59H71N11O14. The lowest BCUT2D eigenvalue weighted by Gasteiger charge is -2.37. The number of carbonyl (C=O) groups excluding carboxylic acids is 7. The summed E-state index contributed by atoms with van der Waals surface area (Å²) in [5.74, 6) is -3.36. The number of ketones is 1. The standard InChI is InChI=1S/C59H71N11O14/c1-3-43-44-29-41(71)17-18-48(44)66-50-28-40-27-47-46(56(77)70(40)32-45(43)50)34-83-57(78)59(47,4-2)30-42(72)31-63-58(79)84-33-38-13-15-39(16-14-38)65-54(75)49(12-8-9-19-60)68-55(76)51(26-37-10-6-5-7-11-37)67-53(74)36-82-35-52(73)62-20-22-80-24-25-81-23-21-64-69-61/h5-7,10-11,13-18,27,29,49,51,71H,3-4,8-9,12,19-26,28,30-36,60H2,1-2H3,(H,62,73)(H,63,79)(H,65,75)(H,67,74)(H,68,76)/t49-,51-,59-/m0/s1. The van der Waals surface area contributed by atoms with E-state index >= 15 is 0 Å². The Hall–Kier alpha value is -8.74. The summed E-state index contributed by atoms with van der Waals surface area (Å²) in [4.78, 5) is 115. The van der Waals surface area contributed by atoms with Gasteiger partial charge in [0.05, 0.1) is 56.3 Å². The van der Waals surface area contributed by atoms with Crippen molar-refractivity contribution in [3.63, 3.8) is 0 Å². The van der Waals surface area contributed by atoms with Crippen LogP contribution in [0.4, 0.5) is 10.5 Å². The molecule has 3 aromatic carbocycles. The number of Topliss-reactive ketones (excluding diaryl/α,β-unsaturated/α-hetero) is 1. The van der Waals surface area contributed by atoms with E-state index < -0.39 is 78.7 Å². The fraction of sp³-hybridized carbons (Fsp3) is 0.441. The van der Waals surface area contributed by atoms with Gasteiger partial charge in [0, 0.05) is 54.0 Å². The number of pyridine rings is 2. The number of phenols is 1. The Balaban J connectivity index is 0.889. The van der Waals surface area contributed by atoms with E-state index in [2.05, 4.69) is 36.6 Å². The van der Waals surface area contributed by atoms with Crippen molar-refractivity contribution in [2.24, 2.45) is 10.8 Å². The van der Waals surface area contributed by atoms with Crippen LogP contribution in [-0.4, -0.2) is 134 Å². The van der Waals surface area contributed by atoms with Gasteiger partial charge in [0.15, 0.2) is 5.78 Å². The summed E-state index contributed by atoms with van der Waals surface area (Å²) in [6, 6.07) is 20.0. The molecule has 0 fully saturated rings. The minimum Gasteiger partial charge on any atom is -0.508 e. The van der Waals surface area contributed by atoms with Crippen LogP contribution in [0.5, 0.6) is 5.75 Å². The van der Waals surface area contributed by atoms with Crippen molar-refractivity contribution in [2.45, 2.75) is 102 Å². The molecule has 0 bridgehead atoms. The molecule has 0 saturated heterocycles. The van der Waals surface area contributed by atoms with Gasteiger partial charge < -0.3 is 65.7 Å². The number of carbonyl (C=O) groups is 7. The number of nitrogens with one attached hydrogen (secondary N) is 5. The van der Waals surface area contributed by atoms with Gasteiger partial charge in [-0.15, -0.1) is 0 Å². The second kappa shape index (κ2) is 31.1. The third-order valence-electron chi connectivity index (χ3n) is 14.5. The maximum Gasteiger partial charge on any atom is 0.407 e. The number of rotatable bonds is 32. The van der Waals surface area contributed by atoms with Crippen LogP contribution in [0.15, 0.2) is 88.8 Å². The molecule has 7 rings (SSSR count). The lowest BCUT2D eigenvalue weighted by molar-refractivity contribution is -0.156. The SMILES string of the molecule is CCc1c2c(nc3ccc(O)cc13)Cc1cc3c(c(=O)n1C2)COC(=O)[C@@]3(CC)CC(=O)CNC(=O)OCc1ccc(NC(=O)[C@H](CCCCN)NC(=O)[C@H](Cc2ccccc2)NC(=O)COCC(=O)NCCOCCOCCN=[N+]=[N-])cc1. The maximum atomic E-state index is 14.2. The van der Waals surface area contributed by atoms with Gasteiger partial charge in [0.1, 0.15) is 49.7 Å². The topological polar surface area (TPSA) is 356 Å². The van der Waals surface area contributed by atoms with Crippen LogP contribution in [-0.2, 0) is 96.9 Å². The molecule has 5 amide bonds. The minimum atomic E-state index is -1.49. The number of benzene rings is 3. The number of ether oxygens (including phenoxy) is 5. The maximum absolute atomic E-state index is 14.2. The molecular weight excluding hydrogens is 1090 g/mol. The summed E-state index contributed by atoms with van der Waals surface area (Å²) < 4.78 is 28.6. The van der Waals surface area contributed by atoms with Crippen LogP contribution in [0.3, 0.4) is 0 Å². The number of anilines is 1. The molecule has 25 nitrogen and oxygen atoms in total. The fourth-order valence-electron chi connectivity index (χ4n) is 10.2. The number of esters is 1. The van der Waals surface area contributed by atoms with Crippen molar-refractivity contribution < 1.29 is 62.4 Å². The average Bonchev–Trinajstić information content (AvgIpc) is 1.41. The highest BCUT2D eigenvalue weighted by Crippen LogP contribution is 2.40. The van der Waals surface area contributed by atoms with Gasteiger partial charge >= 0.3 is 12.1 Å². The van der Waals surface area contributed by atoms with E-state index in [1.54, 1.807) is 84.3 Å². The summed E-state index contributed by atoms with van der Waals surface area (Å²) >= 11 is 0. The van der Waals surface area contributed by atoms with Crippen LogP contribution in [0.2, 0.25) is 0 Å². The number of aromatic hydroxyl groups is 1. The molecule has 84 heavy (non-hydrogen) atoms. The molecule has 0 spiro atoms. The molecule has 0 saturated carbocycles. The second-order valence-electron chi connectivity index (χ2n) is 20.2. The van der Waals surface area contributed by atoms with E-state index in [0.717, 1.165) is 27.8 Å². The highest BCUT2D eigenvalue weighted by Gasteiger charge is 2.48. The molecule has 446 valence electrons. The number of phenolic OH excluding ortho intramolecular Hbond substituents is 1. The number of fused-ring (bicyclic) bond motifs is 4. The quantitative estimate of drug-likeness (QED) is 0.0103. The van der Waals surface area contributed by atoms with Crippen molar-refractivity contribution in [3.8, 4) is 5.75 Å². The predicted octanol–water partition coefficient (Wildman–Crippen LogP) is 3.96. The number of azide groups is 1. The van der Waals surface area contributed by atoms with Crippen molar-refractivity contribution in [1.29, 1.82) is 0 Å². The molecule has 4 heterocycles. The molecule has 2 aliphatic rings. The zero-order chi connectivity index (χ0) is 60.0. The van der Waals surface area contributed by atoms with Gasteiger partial charge in [0.2, 0.25) is 23.6 Å². The van der Waals surface area contributed by atoms with Gasteiger partial charge in [-0.3, -0.25) is 38.5 Å². The summed E-state index contributed by atoms with van der Waals surface area (Å²) in [7, 11) is 0. The molecule has 3 atom stereocenters. The fourth-order valence-corrected chi connectivity index (χ4v) is 10.2. The largest absolute Gasteiger partial charge is 0.508 e. The molecule has 5 aromatic rings. The van der Waals surface area contributed by atoms with Gasteiger partial charge in [-0.05, 0) is 108 Å². The Morgan fingerprint density at radius 2 is 1.62 bits per heavy atom. The number of alkyl carbamates (subject to hydrolysis) is 1. The van der Waals surface area contributed by atoms with E-state index in [1.165, 1.54) is 0 Å². The lowest BCUT2D eigenvalue weighted by atomic mass is 9.71. The van der Waals surface area contributed by atoms with E-state index in [1.807, 2.05) is 13.0 Å². The van der Waals surface area contributed by atoms with Crippen LogP contribution < -0.4 is 37.9 Å². The average molecular weight is 1160 g/mol. The molecule has 2 aromatic heterocycles. The van der Waals surface area contributed by atoms with Crippen LogP contribution in [0.25, 0.3) is 21.3 Å². The number of aromatic nitrogens is 2. The van der Waals surface area contributed by atoms with Crippen LogP contribution in [0, 0.1) is 0 Å². The Bertz CT molecular complexity index is 3280. The number of hydrogen-bond donors (Lipinski definition) is 7. The third-order valence-corrected chi connectivity index (χ3v) is 14.5. The van der Waals surface area contributed by atoms with Crippen molar-refractivity contribution >= 4 is 58.1 Å². The van der Waals surface area contributed by atoms with Crippen molar-refractivity contribution in [2.75, 3.05) is 71.1 Å². The van der Waals surface area contributed by atoms with E-state index in [9.17, 15) is 43.5 Å². The number of nitrogens with two attached hydrogens (primary N) is 1. The monoisotopic (exact) mass is 1160 g/mol. The smallest absolute Gasteiger partial charge is 0.407 e. The van der Waals surface area contributed by atoms with Gasteiger partial charge in [0.25, 0.3) is 5.56 Å². The number of amides is 5. The zero-order valence-electron chi connectivity index (χ0n) is 47.1. The number of aryl methyl sites for hydroxylation is 1. The van der Waals surface area contributed by atoms with Crippen LogP contribution >= 0.6 is 0 Å². The molecule has 0 unspecified atom stereocenters. The summed E-state index contributed by atoms with van der Waals surface area (Å²) in [5.41, 5.74) is 18.6. The molecule has 0 aliphatic carbocycles. The summed E-state index contributed by atoms with van der Waals surface area (Å²) in [6.07, 6.45) is 1.20. The molecule has 0 radical (unpaired) electrons. The van der Waals surface area contributed by atoms with E-state index in [0.29, 0.717) is 60.3 Å². The first-order chi connectivity index (χ1) is 40.7. The Labute approximate surface area is 484 Å². The van der Waals surface area contributed by atoms with Crippen molar-refractivity contribution in [1.82, 2.24) is 30.8 Å². The van der Waals surface area contributed by atoms with Crippen molar-refractivity contribution in [3.05, 3.63) is 144 Å². The first-order valence-corrected chi connectivity index (χ1v) is 27.9. The van der Waals surface area contributed by atoms with E-state index in [-0.39, 0.29) is 102 Å². The number of hydrogen-bond acceptors (Lipinski definition) is 17. The predicted molar refractivity (Wildman–Crippen MR) is 306 cm³/mol. The summed E-state index contributed by atoms with van der Waals surface area (Å²) in [5, 5.41) is 27.7. The Morgan fingerprint density at radius 3 is 2.36 bits per heavy atom. The number of unbranched alkanes of at least 4 members (excludes halogenated alkanes) is 1. The lowest BCUT2D eigenvalue weighted by Crippen LogP contribution is -2.54. The molecule has 8 N–H and O–H groups in total. The number of nitrogens with zero attached hydrogens (tertiary/aromatic N) is 5. The third kappa shape index (κ3) is 16.9. The number of cyclic esters (lactones) is 1. The second-order valence-corrected chi connectivity index (χ2v) is 20.2. The molecule has 2 aliphatic heterocycles. The van der Waals surface area contributed by atoms with Gasteiger partial charge in [-0.25, -0.2) is 4.79 Å². The van der Waals surface area contributed by atoms with Crippen LogP contribution in [0.1, 0.15) is 90.7 Å². The summed E-state index contributed by atoms with van der Waals surface area (Å²) in [6.45, 7) is 3.86. The minimum absolute atomic E-state index is 0.0745. The van der Waals surface area contributed by atoms with Gasteiger partial charge in [-0.2, -0.15) is 0 Å². The normalized spacial score (nSPS) is 14.7. The molecule has 25 heteroatoms. The Kier molecular flexibility index (Phi) is 23.2. The zero-order valence-corrected chi connectivity index (χ0v) is 47.1. The highest BCUT2D eigenvalue weighted by molar-refractivity contribution is 5.99. The first kappa shape index (κ1) is 62.9. The van der Waals surface area contributed by atoms with E-state index in [4.69, 9.17) is 39.9 Å². The van der Waals surface area contributed by atoms with Gasteiger partial charge in [-0.1, -0.05) is 61.4 Å².